The zero-order chi connectivity index (χ0) is 62.8. The van der Waals surface area contributed by atoms with E-state index < -0.39 is 40.2 Å². The van der Waals surface area contributed by atoms with Gasteiger partial charge >= 0.3 is 0 Å². The first-order chi connectivity index (χ1) is 45.6. The Morgan fingerprint density at radius 1 is 0.258 bits per heavy atom. The Bertz CT molecular complexity index is 5020. The molecule has 6 heterocycles. The molecule has 0 fully saturated rings. The normalized spacial score (nSPS) is 11.5. The minimum atomic E-state index is -2.32. The highest BCUT2D eigenvalue weighted by Crippen LogP contribution is 2.47. The van der Waals surface area contributed by atoms with Crippen LogP contribution in [0.2, 0.25) is 0 Å². The van der Waals surface area contributed by atoms with Crippen molar-refractivity contribution in [3.8, 4) is 118 Å². The second-order valence-electron chi connectivity index (χ2n) is 22.7. The highest BCUT2D eigenvalue weighted by molar-refractivity contribution is 6.14. The third-order valence-corrected chi connectivity index (χ3v) is 17.4. The third-order valence-electron chi connectivity index (χ3n) is 17.4. The Kier molecular flexibility index (Phi) is 13.7. The summed E-state index contributed by atoms with van der Waals surface area (Å²) < 4.78 is 87.5. The van der Waals surface area contributed by atoms with Gasteiger partial charge in [-0.15, -0.1) is 0 Å². The molecule has 93 heavy (non-hydrogen) atoms. The topological polar surface area (TPSA) is 85.2 Å². The van der Waals surface area contributed by atoms with Crippen LogP contribution in [-0.4, -0.2) is 29.1 Å². The molecule has 10 aromatic carbocycles. The predicted octanol–water partition coefficient (Wildman–Crippen LogP) is 21.0. The first-order valence-corrected chi connectivity index (χ1v) is 30.0. The molecular weight excluding hydrogens is 1170 g/mol. The molecule has 0 aliphatic carbocycles. The Hall–Kier alpha value is -12.5. The van der Waals surface area contributed by atoms with Crippen molar-refractivity contribution in [1.29, 1.82) is 5.26 Å². The molecule has 0 amide bonds. The van der Waals surface area contributed by atoms with E-state index in [1.165, 1.54) is 12.1 Å². The molecule has 16 rings (SSSR count). The number of pyridine rings is 4. The molecule has 0 N–H and O–H groups in total. The Morgan fingerprint density at radius 3 is 0.763 bits per heavy atom. The van der Waals surface area contributed by atoms with Gasteiger partial charge in [-0.1, -0.05) is 194 Å². The summed E-state index contributed by atoms with van der Waals surface area (Å²) in [5, 5.41) is 14.1. The Labute approximate surface area is 529 Å². The number of fused-ring (bicyclic) bond motifs is 6. The largest absolute Gasteiger partial charge is 0.308 e. The van der Waals surface area contributed by atoms with Gasteiger partial charge in [-0.25, -0.2) is 22.0 Å². The number of nitriles is 1. The van der Waals surface area contributed by atoms with Crippen molar-refractivity contribution >= 4 is 43.6 Å². The zero-order valence-electron chi connectivity index (χ0n) is 49.1. The lowest BCUT2D eigenvalue weighted by Gasteiger charge is -2.22. The van der Waals surface area contributed by atoms with Gasteiger partial charge in [0.25, 0.3) is 0 Å². The molecule has 0 unspecified atom stereocenters. The van der Waals surface area contributed by atoms with Crippen LogP contribution >= 0.6 is 0 Å². The fourth-order valence-corrected chi connectivity index (χ4v) is 12.8. The van der Waals surface area contributed by atoms with E-state index in [1.807, 2.05) is 243 Å². The van der Waals surface area contributed by atoms with E-state index in [0.29, 0.717) is 65.9 Å². The SMILES string of the molecule is N#Cc1cc(-n2c3cc(-c4ccc(-c5ccccc5)nc4)ccc3c3ccc(-c4ccc(-c5ccccc5)nc4)cc32)c(-c2c(F)c(F)c(F)c(F)c2F)c(-n2c3cc(-c4ccc(-c5ccccc5)nc4)ccc3c3ccc(-c4ccc(-c5ccccc5)nc4)cc32)c1. The maximum Gasteiger partial charge on any atom is 0.200 e. The zero-order valence-corrected chi connectivity index (χ0v) is 49.1. The van der Waals surface area contributed by atoms with Crippen molar-refractivity contribution in [3.63, 3.8) is 0 Å². The van der Waals surface area contributed by atoms with E-state index in [-0.39, 0.29) is 16.9 Å². The number of nitrogens with zero attached hydrogens (tertiary/aromatic N) is 7. The van der Waals surface area contributed by atoms with Gasteiger partial charge in [0.15, 0.2) is 23.3 Å². The summed E-state index contributed by atoms with van der Waals surface area (Å²) >= 11 is 0. The summed E-state index contributed by atoms with van der Waals surface area (Å²) in [4.78, 5) is 19.4. The van der Waals surface area contributed by atoms with Crippen LogP contribution in [0, 0.1) is 40.4 Å². The quantitative estimate of drug-likeness (QED) is 0.0732. The van der Waals surface area contributed by atoms with E-state index in [0.717, 1.165) is 67.3 Å². The molecule has 0 aliphatic rings. The van der Waals surface area contributed by atoms with Crippen molar-refractivity contribution in [2.24, 2.45) is 0 Å². The van der Waals surface area contributed by atoms with E-state index >= 15 is 22.0 Å². The van der Waals surface area contributed by atoms with E-state index in [2.05, 4.69) is 6.07 Å². The second kappa shape index (κ2) is 22.8. The van der Waals surface area contributed by atoms with Gasteiger partial charge < -0.3 is 9.13 Å². The van der Waals surface area contributed by atoms with Crippen molar-refractivity contribution in [2.75, 3.05) is 0 Å². The first-order valence-electron chi connectivity index (χ1n) is 30.0. The fraction of sp³-hybridized carbons (Fsp3) is 0. The molecule has 0 radical (unpaired) electrons. The van der Waals surface area contributed by atoms with Crippen LogP contribution in [0.5, 0.6) is 0 Å². The van der Waals surface area contributed by atoms with Crippen molar-refractivity contribution in [3.05, 3.63) is 314 Å². The van der Waals surface area contributed by atoms with E-state index in [4.69, 9.17) is 19.9 Å². The minimum Gasteiger partial charge on any atom is -0.308 e. The lowest BCUT2D eigenvalue weighted by atomic mass is 9.96. The number of halogens is 5. The summed E-state index contributed by atoms with van der Waals surface area (Å²) in [7, 11) is 0. The molecule has 6 aromatic heterocycles. The number of benzene rings is 10. The van der Waals surface area contributed by atoms with Gasteiger partial charge in [-0.2, -0.15) is 5.26 Å². The summed E-state index contributed by atoms with van der Waals surface area (Å²) in [6, 6.07) is 83.0. The average Bonchev–Trinajstić information content (AvgIpc) is 1.57. The van der Waals surface area contributed by atoms with Crippen molar-refractivity contribution < 1.29 is 22.0 Å². The second-order valence-corrected chi connectivity index (χ2v) is 22.7. The summed E-state index contributed by atoms with van der Waals surface area (Å²) in [6.45, 7) is 0. The van der Waals surface area contributed by atoms with Crippen molar-refractivity contribution in [2.45, 2.75) is 0 Å². The molecule has 440 valence electrons. The molecule has 12 heteroatoms. The molecule has 16 aromatic rings. The van der Waals surface area contributed by atoms with E-state index in [9.17, 15) is 5.26 Å². The summed E-state index contributed by atoms with van der Waals surface area (Å²) in [5.74, 6) is -10.7. The van der Waals surface area contributed by atoms with Gasteiger partial charge in [0.1, 0.15) is 0 Å². The van der Waals surface area contributed by atoms with Crippen LogP contribution in [0.3, 0.4) is 0 Å². The van der Waals surface area contributed by atoms with Crippen LogP contribution in [0.15, 0.2) is 280 Å². The standard InChI is InChI=1S/C81H46F5N7/c82-77-76(78(83)80(85)81(86)79(77)84)75-73(92-69-39-53(57-25-33-65(88-44-57)49-13-5-1-6-14-49)21-29-61(69)62-30-22-54(40-70(62)92)58-26-34-66(89-45-58)50-15-7-2-8-16-50)37-48(43-87)38-74(75)93-71-41-55(59-27-35-67(90-46-59)51-17-9-3-10-18-51)23-31-63(71)64-32-24-56(42-72(64)93)60-28-36-68(91-47-60)52-19-11-4-12-20-52/h1-42,44-47H. The molecule has 0 saturated heterocycles. The first kappa shape index (κ1) is 55.8. The maximum absolute atomic E-state index is 17.7. The fourth-order valence-electron chi connectivity index (χ4n) is 12.8. The summed E-state index contributed by atoms with van der Waals surface area (Å²) in [5.41, 5.74) is 12.7. The lowest BCUT2D eigenvalue weighted by molar-refractivity contribution is 0.381. The van der Waals surface area contributed by atoms with Crippen LogP contribution < -0.4 is 0 Å². The molecule has 0 bridgehead atoms. The average molecular weight is 1210 g/mol. The van der Waals surface area contributed by atoms with Gasteiger partial charge in [-0.3, -0.25) is 19.9 Å². The molecular formula is C81H46F5N7. The smallest absolute Gasteiger partial charge is 0.200 e. The predicted molar refractivity (Wildman–Crippen MR) is 360 cm³/mol. The highest BCUT2D eigenvalue weighted by atomic mass is 19.2. The number of hydrogen-bond acceptors (Lipinski definition) is 5. The minimum absolute atomic E-state index is 0.0139. The van der Waals surface area contributed by atoms with Crippen LogP contribution in [0.1, 0.15) is 5.56 Å². The van der Waals surface area contributed by atoms with Crippen LogP contribution in [-0.2, 0) is 0 Å². The Morgan fingerprint density at radius 2 is 0.516 bits per heavy atom. The monoisotopic (exact) mass is 1210 g/mol. The third kappa shape index (κ3) is 9.74. The number of aromatic nitrogens is 6. The van der Waals surface area contributed by atoms with Gasteiger partial charge in [0.05, 0.1) is 73.4 Å². The van der Waals surface area contributed by atoms with Crippen LogP contribution in [0.25, 0.3) is 156 Å². The lowest BCUT2D eigenvalue weighted by Crippen LogP contribution is -2.10. The van der Waals surface area contributed by atoms with Gasteiger partial charge in [0, 0.05) is 96.4 Å². The maximum atomic E-state index is 17.7. The van der Waals surface area contributed by atoms with Crippen molar-refractivity contribution in [1.82, 2.24) is 29.1 Å². The molecule has 0 spiro atoms. The van der Waals surface area contributed by atoms with Gasteiger partial charge in [0.2, 0.25) is 5.82 Å². The molecule has 7 nitrogen and oxygen atoms in total. The molecule has 0 aliphatic heterocycles. The Balaban J connectivity index is 0.999. The van der Waals surface area contributed by atoms with E-state index in [1.54, 1.807) is 33.9 Å². The molecule has 0 saturated carbocycles. The molecule has 0 atom stereocenters. The highest BCUT2D eigenvalue weighted by Gasteiger charge is 2.33. The van der Waals surface area contributed by atoms with Crippen LogP contribution in [0.4, 0.5) is 22.0 Å². The summed E-state index contributed by atoms with van der Waals surface area (Å²) in [6.07, 6.45) is 7.06. The van der Waals surface area contributed by atoms with Gasteiger partial charge in [-0.05, 0) is 82.9 Å². The number of rotatable bonds is 11. The number of hydrogen-bond donors (Lipinski definition) is 0.